The zero-order valence-corrected chi connectivity index (χ0v) is 13.6. The van der Waals surface area contributed by atoms with E-state index in [1.54, 1.807) is 23.5 Å². The van der Waals surface area contributed by atoms with Crippen LogP contribution in [-0.4, -0.2) is 12.5 Å². The summed E-state index contributed by atoms with van der Waals surface area (Å²) in [5, 5.41) is 5.53. The van der Waals surface area contributed by atoms with Crippen molar-refractivity contribution >= 4 is 28.8 Å². The molecule has 1 atom stereocenters. The van der Waals surface area contributed by atoms with E-state index in [0.29, 0.717) is 16.7 Å². The highest BCUT2D eigenvalue weighted by Crippen LogP contribution is 2.26. The van der Waals surface area contributed by atoms with Gasteiger partial charge in [0.25, 0.3) is 5.91 Å². The van der Waals surface area contributed by atoms with Crippen LogP contribution in [-0.2, 0) is 4.79 Å². The largest absolute Gasteiger partial charge is 0.482 e. The van der Waals surface area contributed by atoms with Crippen molar-refractivity contribution < 1.29 is 9.53 Å². The number of benzene rings is 1. The summed E-state index contributed by atoms with van der Waals surface area (Å²) in [5.74, 6) is 0.682. The van der Waals surface area contributed by atoms with Gasteiger partial charge in [-0.15, -0.1) is 11.3 Å². The Hall–Kier alpha value is -1.52. The van der Waals surface area contributed by atoms with Crippen LogP contribution in [0, 0.1) is 5.92 Å². The zero-order valence-electron chi connectivity index (χ0n) is 12.0. The SMILES string of the molecule is CC(C)[C@@H](NC(=O)COc1ccccc1Cl)c1cccs1. The second-order valence-corrected chi connectivity index (χ2v) is 6.41. The van der Waals surface area contributed by atoms with Crippen LogP contribution in [0.5, 0.6) is 5.75 Å². The lowest BCUT2D eigenvalue weighted by Crippen LogP contribution is -2.34. The van der Waals surface area contributed by atoms with Crippen LogP contribution in [0.1, 0.15) is 24.8 Å². The first-order valence-corrected chi connectivity index (χ1v) is 8.03. The molecular weight excluding hydrogens is 306 g/mol. The van der Waals surface area contributed by atoms with Gasteiger partial charge in [-0.25, -0.2) is 0 Å². The van der Waals surface area contributed by atoms with Crippen molar-refractivity contribution in [2.24, 2.45) is 5.92 Å². The van der Waals surface area contributed by atoms with Gasteiger partial charge in [-0.05, 0) is 29.5 Å². The first-order chi connectivity index (χ1) is 10.1. The number of ether oxygens (including phenoxy) is 1. The first kappa shape index (κ1) is 15.9. The van der Waals surface area contributed by atoms with E-state index in [-0.39, 0.29) is 18.6 Å². The molecule has 2 rings (SSSR count). The molecule has 2 aromatic rings. The number of carbonyl (C=O) groups is 1. The fraction of sp³-hybridized carbons (Fsp3) is 0.312. The van der Waals surface area contributed by atoms with E-state index in [0.717, 1.165) is 4.88 Å². The highest BCUT2D eigenvalue weighted by Gasteiger charge is 2.19. The maximum Gasteiger partial charge on any atom is 0.258 e. The topological polar surface area (TPSA) is 38.3 Å². The number of amides is 1. The molecular formula is C16H18ClNO2S. The maximum atomic E-state index is 12.1. The summed E-state index contributed by atoms with van der Waals surface area (Å²) in [6, 6.07) is 11.1. The average molecular weight is 324 g/mol. The molecule has 112 valence electrons. The highest BCUT2D eigenvalue weighted by molar-refractivity contribution is 7.10. The first-order valence-electron chi connectivity index (χ1n) is 6.78. The number of nitrogens with one attached hydrogen (secondary N) is 1. The molecule has 1 aromatic carbocycles. The highest BCUT2D eigenvalue weighted by atomic mass is 35.5. The molecule has 3 nitrogen and oxygen atoms in total. The van der Waals surface area contributed by atoms with Crippen molar-refractivity contribution in [3.8, 4) is 5.75 Å². The molecule has 1 N–H and O–H groups in total. The van der Waals surface area contributed by atoms with Gasteiger partial charge in [0, 0.05) is 4.88 Å². The van der Waals surface area contributed by atoms with Gasteiger partial charge in [-0.1, -0.05) is 43.6 Å². The van der Waals surface area contributed by atoms with Gasteiger partial charge in [0.15, 0.2) is 6.61 Å². The van der Waals surface area contributed by atoms with Crippen LogP contribution in [0.3, 0.4) is 0 Å². The molecule has 1 heterocycles. The predicted molar refractivity (Wildman–Crippen MR) is 87.0 cm³/mol. The van der Waals surface area contributed by atoms with Crippen LogP contribution < -0.4 is 10.1 Å². The van der Waals surface area contributed by atoms with Gasteiger partial charge in [-0.2, -0.15) is 0 Å². The Balaban J connectivity index is 1.93. The summed E-state index contributed by atoms with van der Waals surface area (Å²) >= 11 is 7.63. The summed E-state index contributed by atoms with van der Waals surface area (Å²) in [4.78, 5) is 13.2. The summed E-state index contributed by atoms with van der Waals surface area (Å²) in [5.41, 5.74) is 0. The monoisotopic (exact) mass is 323 g/mol. The third-order valence-electron chi connectivity index (χ3n) is 3.03. The Morgan fingerprint density at radius 2 is 2.05 bits per heavy atom. The average Bonchev–Trinajstić information content (AvgIpc) is 2.97. The summed E-state index contributed by atoms with van der Waals surface area (Å²) < 4.78 is 5.46. The number of carbonyl (C=O) groups excluding carboxylic acids is 1. The summed E-state index contributed by atoms with van der Waals surface area (Å²) in [7, 11) is 0. The molecule has 0 saturated heterocycles. The fourth-order valence-corrected chi connectivity index (χ4v) is 3.09. The number of hydrogen-bond acceptors (Lipinski definition) is 3. The summed E-state index contributed by atoms with van der Waals surface area (Å²) in [6.07, 6.45) is 0. The second kappa shape index (κ2) is 7.48. The number of rotatable bonds is 6. The molecule has 21 heavy (non-hydrogen) atoms. The van der Waals surface area contributed by atoms with Crippen molar-refractivity contribution in [1.29, 1.82) is 0 Å². The lowest BCUT2D eigenvalue weighted by Gasteiger charge is -2.21. The third kappa shape index (κ3) is 4.48. The molecule has 0 aliphatic rings. The molecule has 1 amide bonds. The summed E-state index contributed by atoms with van der Waals surface area (Å²) in [6.45, 7) is 4.12. The van der Waals surface area contributed by atoms with Crippen LogP contribution in [0.15, 0.2) is 41.8 Å². The minimum atomic E-state index is -0.151. The second-order valence-electron chi connectivity index (χ2n) is 5.02. The minimum absolute atomic E-state index is 0.00680. The molecule has 0 saturated carbocycles. The smallest absolute Gasteiger partial charge is 0.258 e. The normalized spacial score (nSPS) is 12.2. The Morgan fingerprint density at radius 1 is 1.29 bits per heavy atom. The molecule has 5 heteroatoms. The Morgan fingerprint density at radius 3 is 2.67 bits per heavy atom. The van der Waals surface area contributed by atoms with E-state index >= 15 is 0 Å². The van der Waals surface area contributed by atoms with Gasteiger partial charge in [0.2, 0.25) is 0 Å². The van der Waals surface area contributed by atoms with Crippen LogP contribution >= 0.6 is 22.9 Å². The molecule has 0 unspecified atom stereocenters. The fourth-order valence-electron chi connectivity index (χ4n) is 1.95. The van der Waals surface area contributed by atoms with Gasteiger partial charge >= 0.3 is 0 Å². The Labute approximate surface area is 133 Å². The molecule has 1 aromatic heterocycles. The van der Waals surface area contributed by atoms with Crippen molar-refractivity contribution in [2.75, 3.05) is 6.61 Å². The van der Waals surface area contributed by atoms with E-state index in [1.165, 1.54) is 0 Å². The van der Waals surface area contributed by atoms with Crippen molar-refractivity contribution in [1.82, 2.24) is 5.32 Å². The van der Waals surface area contributed by atoms with Gasteiger partial charge in [0.1, 0.15) is 5.75 Å². The molecule has 0 spiro atoms. The maximum absolute atomic E-state index is 12.1. The van der Waals surface area contributed by atoms with Gasteiger partial charge < -0.3 is 10.1 Å². The van der Waals surface area contributed by atoms with Gasteiger partial charge in [-0.3, -0.25) is 4.79 Å². The Kier molecular flexibility index (Phi) is 5.65. The van der Waals surface area contributed by atoms with E-state index in [4.69, 9.17) is 16.3 Å². The number of hydrogen-bond donors (Lipinski definition) is 1. The number of halogens is 1. The van der Waals surface area contributed by atoms with E-state index in [1.807, 2.05) is 29.6 Å². The van der Waals surface area contributed by atoms with E-state index in [2.05, 4.69) is 19.2 Å². The molecule has 0 bridgehead atoms. The minimum Gasteiger partial charge on any atom is -0.482 e. The number of thiophene rings is 1. The van der Waals surface area contributed by atoms with E-state index in [9.17, 15) is 4.79 Å². The molecule has 0 aliphatic carbocycles. The molecule has 0 aliphatic heterocycles. The van der Waals surface area contributed by atoms with Crippen molar-refractivity contribution in [3.63, 3.8) is 0 Å². The van der Waals surface area contributed by atoms with Gasteiger partial charge in [0.05, 0.1) is 11.1 Å². The lowest BCUT2D eigenvalue weighted by molar-refractivity contribution is -0.124. The zero-order chi connectivity index (χ0) is 15.2. The lowest BCUT2D eigenvalue weighted by atomic mass is 10.0. The van der Waals surface area contributed by atoms with Crippen LogP contribution in [0.25, 0.3) is 0 Å². The van der Waals surface area contributed by atoms with Crippen molar-refractivity contribution in [2.45, 2.75) is 19.9 Å². The van der Waals surface area contributed by atoms with Crippen LogP contribution in [0.4, 0.5) is 0 Å². The van der Waals surface area contributed by atoms with E-state index < -0.39 is 0 Å². The molecule has 0 fully saturated rings. The van der Waals surface area contributed by atoms with Crippen molar-refractivity contribution in [3.05, 3.63) is 51.7 Å². The number of para-hydroxylation sites is 1. The molecule has 0 radical (unpaired) electrons. The third-order valence-corrected chi connectivity index (χ3v) is 4.30. The Bertz CT molecular complexity index is 584. The van der Waals surface area contributed by atoms with Crippen LogP contribution in [0.2, 0.25) is 5.02 Å². The quantitative estimate of drug-likeness (QED) is 0.861. The standard InChI is InChI=1S/C16H18ClNO2S/c1-11(2)16(14-8-5-9-21-14)18-15(19)10-20-13-7-4-3-6-12(13)17/h3-9,11,16H,10H2,1-2H3,(H,18,19)/t16-/m1/s1. The predicted octanol–water partition coefficient (Wildman–Crippen LogP) is 4.29.